The van der Waals surface area contributed by atoms with Gasteiger partial charge in [-0.25, -0.2) is 9.40 Å². The normalized spacial score (nSPS) is 48.6. The number of halogens is 1. The molecule has 160 valence electrons. The van der Waals surface area contributed by atoms with E-state index in [0.29, 0.717) is 43.8 Å². The predicted octanol–water partition coefficient (Wildman–Crippen LogP) is -1.21. The van der Waals surface area contributed by atoms with Crippen LogP contribution < -0.4 is 21.4 Å². The van der Waals surface area contributed by atoms with Gasteiger partial charge in [-0.15, -0.1) is 0 Å². The van der Waals surface area contributed by atoms with E-state index in [1.807, 2.05) is 0 Å². The van der Waals surface area contributed by atoms with E-state index in [1.165, 1.54) is 0 Å². The fraction of sp³-hybridized carbons (Fsp3) is 1.00. The molecule has 8 nitrogen and oxygen atoms in total. The van der Waals surface area contributed by atoms with Crippen LogP contribution in [-0.4, -0.2) is 97.8 Å². The summed E-state index contributed by atoms with van der Waals surface area (Å²) in [6, 6.07) is 0.325. The first-order chi connectivity index (χ1) is 13.7. The number of alkyl halides is 1. The summed E-state index contributed by atoms with van der Waals surface area (Å²) in [7, 11) is 0. The quantitative estimate of drug-likeness (QED) is 0.348. The number of rotatable bonds is 0. The van der Waals surface area contributed by atoms with Gasteiger partial charge in [0, 0.05) is 50.6 Å². The summed E-state index contributed by atoms with van der Waals surface area (Å²) in [4.78, 5) is 2.59. The third kappa shape index (κ3) is 3.83. The maximum Gasteiger partial charge on any atom is 0.113 e. The zero-order valence-electron chi connectivity index (χ0n) is 16.5. The largest absolute Gasteiger partial charge is 0.389 e. The molecule has 5 rings (SSSR count). The lowest BCUT2D eigenvalue weighted by molar-refractivity contribution is -0.0977. The Hall–Kier alpha value is -0.390. The monoisotopic (exact) mass is 398 g/mol. The Kier molecular flexibility index (Phi) is 5.86. The number of β-amino-alcohol motifs (C(OH)–C–C–N with tert-alkyl or cyclic N) is 1. The van der Waals surface area contributed by atoms with Gasteiger partial charge in [0.15, 0.2) is 0 Å². The van der Waals surface area contributed by atoms with Crippen LogP contribution in [0.1, 0.15) is 25.7 Å². The average Bonchev–Trinajstić information content (AvgIpc) is 3.33. The molecular weight excluding hydrogens is 363 g/mol. The molecule has 8 atom stereocenters. The van der Waals surface area contributed by atoms with E-state index in [-0.39, 0.29) is 18.8 Å². The number of aliphatic hydroxyl groups is 1. The van der Waals surface area contributed by atoms with Crippen LogP contribution in [0.25, 0.3) is 0 Å². The van der Waals surface area contributed by atoms with Crippen molar-refractivity contribution < 1.29 is 14.2 Å². The van der Waals surface area contributed by atoms with Crippen molar-refractivity contribution in [2.75, 3.05) is 45.9 Å². The van der Waals surface area contributed by atoms with Gasteiger partial charge in [0.05, 0.1) is 25.0 Å². The Morgan fingerprint density at radius 2 is 2.00 bits per heavy atom. The number of aliphatic hydroxyl groups excluding tert-OH is 1. The maximum absolute atomic E-state index is 14.3. The summed E-state index contributed by atoms with van der Waals surface area (Å²) in [5.74, 6) is 0.575. The maximum atomic E-state index is 14.3. The van der Waals surface area contributed by atoms with Crippen LogP contribution in [0.5, 0.6) is 0 Å². The second-order valence-electron chi connectivity index (χ2n) is 9.15. The lowest BCUT2D eigenvalue weighted by Gasteiger charge is -2.47. The smallest absolute Gasteiger partial charge is 0.113 e. The second-order valence-corrected chi connectivity index (χ2v) is 9.15. The third-order valence-electron chi connectivity index (χ3n) is 7.29. The molecule has 0 aromatic heterocycles. The van der Waals surface area contributed by atoms with Crippen LogP contribution in [-0.2, 0) is 4.74 Å². The molecular formula is C19H35FN6O2. The molecule has 5 fully saturated rings. The number of nitrogens with zero attached hydrogens (tertiary/aromatic N) is 2. The summed E-state index contributed by atoms with van der Waals surface area (Å²) in [6.07, 6.45) is 2.95. The van der Waals surface area contributed by atoms with E-state index in [9.17, 15) is 9.50 Å². The first-order valence-electron chi connectivity index (χ1n) is 11.1. The van der Waals surface area contributed by atoms with Gasteiger partial charge >= 0.3 is 0 Å². The molecule has 5 N–H and O–H groups in total. The molecule has 28 heavy (non-hydrogen) atoms. The first kappa shape index (κ1) is 19.6. The average molecular weight is 399 g/mol. The van der Waals surface area contributed by atoms with Gasteiger partial charge in [-0.1, -0.05) is 0 Å². The van der Waals surface area contributed by atoms with Gasteiger partial charge in [0.25, 0.3) is 0 Å². The summed E-state index contributed by atoms with van der Waals surface area (Å²) >= 11 is 0. The minimum absolute atomic E-state index is 0.117. The highest BCUT2D eigenvalue weighted by Gasteiger charge is 2.46. The Labute approximate surface area is 166 Å². The first-order valence-corrected chi connectivity index (χ1v) is 11.1. The minimum atomic E-state index is -0.823. The zero-order valence-corrected chi connectivity index (χ0v) is 16.5. The summed E-state index contributed by atoms with van der Waals surface area (Å²) in [6.45, 7) is 5.05. The molecule has 0 saturated carbocycles. The van der Waals surface area contributed by atoms with Gasteiger partial charge in [-0.2, -0.15) is 0 Å². The fourth-order valence-electron chi connectivity index (χ4n) is 5.94. The number of nitrogens with one attached hydrogen (secondary N) is 4. The Morgan fingerprint density at radius 1 is 1.07 bits per heavy atom. The van der Waals surface area contributed by atoms with Crippen LogP contribution in [0.3, 0.4) is 0 Å². The van der Waals surface area contributed by atoms with Gasteiger partial charge in [0.2, 0.25) is 0 Å². The van der Waals surface area contributed by atoms with Crippen LogP contribution in [0.2, 0.25) is 0 Å². The topological polar surface area (TPSA) is 84.1 Å². The summed E-state index contributed by atoms with van der Waals surface area (Å²) in [5.41, 5.74) is 3.53. The van der Waals surface area contributed by atoms with E-state index in [1.54, 1.807) is 0 Å². The van der Waals surface area contributed by atoms with E-state index in [2.05, 4.69) is 31.3 Å². The van der Waals surface area contributed by atoms with Crippen molar-refractivity contribution in [1.29, 1.82) is 0 Å². The third-order valence-corrected chi connectivity index (χ3v) is 7.29. The van der Waals surface area contributed by atoms with Crippen LogP contribution in [0.4, 0.5) is 4.39 Å². The molecule has 0 amide bonds. The second kappa shape index (κ2) is 8.39. The molecule has 0 aromatic carbocycles. The number of ether oxygens (including phenoxy) is 1. The van der Waals surface area contributed by atoms with E-state index >= 15 is 0 Å². The van der Waals surface area contributed by atoms with Crippen molar-refractivity contribution in [1.82, 2.24) is 31.3 Å². The number of fused-ring (bicyclic) bond motifs is 5. The van der Waals surface area contributed by atoms with Crippen molar-refractivity contribution in [3.8, 4) is 0 Å². The standard InChI is InChI=1S/C19H35FN6O2/c20-13-6-15-16-2-1-4-25(16)17-3-5-26-18(24-17)12(8-23-26)7-21-10-14(27)11-28-19(15)22-9-13/h12-19,21-24,27H,1-11H2/t12?,13?,14?,15?,16-,17?,18?,19?/m1/s1. The van der Waals surface area contributed by atoms with Gasteiger partial charge in [0.1, 0.15) is 12.4 Å². The highest BCUT2D eigenvalue weighted by molar-refractivity contribution is 4.98. The van der Waals surface area contributed by atoms with Crippen molar-refractivity contribution in [2.24, 2.45) is 11.8 Å². The Bertz CT molecular complexity index is 545. The molecule has 0 aromatic rings. The molecule has 5 saturated heterocycles. The SMILES string of the molecule is OC1CNCC2CNN3CCC(NC23)N2CCC[C@@H]2C2CC(F)CNC2OC1. The lowest BCUT2D eigenvalue weighted by atomic mass is 9.87. The zero-order chi connectivity index (χ0) is 19.1. The molecule has 5 aliphatic rings. The molecule has 0 spiro atoms. The number of hydrogen-bond donors (Lipinski definition) is 5. The molecule has 5 aliphatic heterocycles. The van der Waals surface area contributed by atoms with Crippen molar-refractivity contribution in [3.63, 3.8) is 0 Å². The van der Waals surface area contributed by atoms with Gasteiger partial charge in [-0.3, -0.25) is 21.0 Å². The van der Waals surface area contributed by atoms with Crippen molar-refractivity contribution in [2.45, 2.75) is 62.6 Å². The molecule has 5 heterocycles. The number of hydrogen-bond acceptors (Lipinski definition) is 8. The van der Waals surface area contributed by atoms with E-state index in [4.69, 9.17) is 4.74 Å². The molecule has 0 radical (unpaired) electrons. The highest BCUT2D eigenvalue weighted by atomic mass is 19.1. The minimum Gasteiger partial charge on any atom is -0.389 e. The summed E-state index contributed by atoms with van der Waals surface area (Å²) < 4.78 is 20.4. The summed E-state index contributed by atoms with van der Waals surface area (Å²) in [5, 5.41) is 23.3. The van der Waals surface area contributed by atoms with Crippen LogP contribution in [0, 0.1) is 11.8 Å². The molecule has 9 heteroatoms. The number of hydrazine groups is 1. The van der Waals surface area contributed by atoms with E-state index in [0.717, 1.165) is 45.4 Å². The van der Waals surface area contributed by atoms with Crippen LogP contribution in [0.15, 0.2) is 0 Å². The Morgan fingerprint density at radius 3 is 2.93 bits per heavy atom. The van der Waals surface area contributed by atoms with Gasteiger partial charge in [-0.05, 0) is 32.2 Å². The molecule has 7 unspecified atom stereocenters. The lowest BCUT2D eigenvalue weighted by Crippen LogP contribution is -2.65. The molecule has 2 bridgehead atoms. The fourth-order valence-corrected chi connectivity index (χ4v) is 5.94. The predicted molar refractivity (Wildman–Crippen MR) is 103 cm³/mol. The van der Waals surface area contributed by atoms with Gasteiger partial charge < -0.3 is 15.2 Å². The highest BCUT2D eigenvalue weighted by Crippen LogP contribution is 2.35. The Balaban J connectivity index is 1.39. The van der Waals surface area contributed by atoms with Crippen LogP contribution >= 0.6 is 0 Å². The molecule has 0 aliphatic carbocycles. The van der Waals surface area contributed by atoms with Crippen molar-refractivity contribution in [3.05, 3.63) is 0 Å². The van der Waals surface area contributed by atoms with E-state index < -0.39 is 12.3 Å². The number of piperidine rings is 1. The van der Waals surface area contributed by atoms with Crippen molar-refractivity contribution >= 4 is 0 Å².